The van der Waals surface area contributed by atoms with Gasteiger partial charge in [0, 0.05) is 16.5 Å². The van der Waals surface area contributed by atoms with Gasteiger partial charge in [-0.15, -0.1) is 0 Å². The van der Waals surface area contributed by atoms with E-state index in [1.807, 2.05) is 121 Å². The maximum absolute atomic E-state index is 11.9. The number of hydrogen-bond acceptors (Lipinski definition) is 8. The summed E-state index contributed by atoms with van der Waals surface area (Å²) in [6.07, 6.45) is -3.02. The zero-order valence-corrected chi connectivity index (χ0v) is 28.1. The highest BCUT2D eigenvalue weighted by atomic mass is 32.3. The normalized spacial score (nSPS) is 26.0. The second-order valence-electron chi connectivity index (χ2n) is 11.8. The summed E-state index contributed by atoms with van der Waals surface area (Å²) in [7, 11) is -5.19. The molecule has 0 amide bonds. The SMILES string of the molecule is O=S(=O)(O)OC1COC(c2ccccc2)O[C@@H]1C[S+]1C[C@@H](OCc2ccccc2)[C@H](OCc2ccccc2)[C@H]1COCc1ccccc1. The van der Waals surface area contributed by atoms with E-state index in [9.17, 15) is 13.0 Å². The van der Waals surface area contributed by atoms with Crippen molar-refractivity contribution in [1.82, 2.24) is 0 Å². The largest absolute Gasteiger partial charge is 0.397 e. The Hall–Kier alpha value is -3.10. The number of ether oxygens (including phenoxy) is 5. The van der Waals surface area contributed by atoms with E-state index in [0.29, 0.717) is 37.9 Å². The van der Waals surface area contributed by atoms with Gasteiger partial charge in [0.1, 0.15) is 35.9 Å². The fourth-order valence-electron chi connectivity index (χ4n) is 5.97. The Kier molecular flexibility index (Phi) is 12.3. The first kappa shape index (κ1) is 34.8. The summed E-state index contributed by atoms with van der Waals surface area (Å²) in [5, 5.41) is -0.0915. The summed E-state index contributed by atoms with van der Waals surface area (Å²) < 4.78 is 70.4. The molecule has 0 saturated carbocycles. The first-order valence-corrected chi connectivity index (χ1v) is 19.0. The van der Waals surface area contributed by atoms with Gasteiger partial charge in [0.05, 0.1) is 33.0 Å². The van der Waals surface area contributed by atoms with Crippen molar-refractivity contribution in [2.45, 2.75) is 55.8 Å². The zero-order chi connectivity index (χ0) is 33.2. The van der Waals surface area contributed by atoms with Gasteiger partial charge in [0.2, 0.25) is 0 Å². The molecule has 0 radical (unpaired) electrons. The molecule has 2 fully saturated rings. The summed E-state index contributed by atoms with van der Waals surface area (Å²) in [5.41, 5.74) is 3.98. The molecule has 4 aromatic carbocycles. The Labute approximate surface area is 285 Å². The van der Waals surface area contributed by atoms with Crippen molar-refractivity contribution in [2.75, 3.05) is 24.7 Å². The van der Waals surface area contributed by atoms with Gasteiger partial charge in [-0.3, -0.25) is 4.55 Å². The minimum Gasteiger partial charge on any atom is -0.371 e. The highest BCUT2D eigenvalue weighted by Crippen LogP contribution is 2.35. The number of rotatable bonds is 15. The van der Waals surface area contributed by atoms with E-state index in [1.54, 1.807) is 0 Å². The number of hydrogen-bond donors (Lipinski definition) is 1. The van der Waals surface area contributed by atoms with Gasteiger partial charge in [-0.1, -0.05) is 121 Å². The molecule has 254 valence electrons. The molecule has 2 heterocycles. The first-order valence-electron chi connectivity index (χ1n) is 16.0. The molecule has 0 aliphatic carbocycles. The van der Waals surface area contributed by atoms with Crippen molar-refractivity contribution in [1.29, 1.82) is 0 Å². The molecule has 0 bridgehead atoms. The Morgan fingerprint density at radius 3 is 1.83 bits per heavy atom. The molecule has 3 unspecified atom stereocenters. The lowest BCUT2D eigenvalue weighted by Crippen LogP contribution is -2.48. The van der Waals surface area contributed by atoms with Crippen LogP contribution in [0.15, 0.2) is 121 Å². The standard InChI is InChI=1S/C37H40O9S2/c38-48(39,40)46-32-24-44-37(31-19-11-4-12-20-31)45-33(32)26-47-27-34(42-22-29-15-7-2-8-16-29)36(43-23-30-17-9-3-10-18-30)35(47)25-41-21-28-13-5-1-6-14-28/h1-20,32-37H,21-27H2/p+1/t32?,33-,34-,35-,36+,37?,47?/m1/s1. The second kappa shape index (κ2) is 17.0. The van der Waals surface area contributed by atoms with Gasteiger partial charge in [-0.25, -0.2) is 4.18 Å². The molecule has 2 aliphatic rings. The van der Waals surface area contributed by atoms with Crippen LogP contribution in [-0.2, 0) is 69.0 Å². The van der Waals surface area contributed by atoms with Gasteiger partial charge in [-0.05, 0) is 16.7 Å². The summed E-state index contributed by atoms with van der Waals surface area (Å²) >= 11 is 0. The molecular formula is C37H41O9S2+. The molecule has 6 rings (SSSR count). The lowest BCUT2D eigenvalue weighted by Gasteiger charge is -2.35. The first-order chi connectivity index (χ1) is 23.4. The van der Waals surface area contributed by atoms with E-state index in [0.717, 1.165) is 22.3 Å². The van der Waals surface area contributed by atoms with Crippen molar-refractivity contribution < 1.29 is 40.8 Å². The quantitative estimate of drug-likeness (QED) is 0.124. The van der Waals surface area contributed by atoms with Crippen LogP contribution in [0.3, 0.4) is 0 Å². The summed E-state index contributed by atoms with van der Waals surface area (Å²) in [4.78, 5) is 0. The predicted molar refractivity (Wildman–Crippen MR) is 183 cm³/mol. The molecule has 2 aliphatic heterocycles. The number of benzene rings is 4. The average Bonchev–Trinajstić information content (AvgIpc) is 3.43. The lowest BCUT2D eigenvalue weighted by molar-refractivity contribution is -0.245. The third kappa shape index (κ3) is 9.97. The predicted octanol–water partition coefficient (Wildman–Crippen LogP) is 5.68. The highest BCUT2D eigenvalue weighted by molar-refractivity contribution is 7.97. The van der Waals surface area contributed by atoms with Crippen LogP contribution in [0.25, 0.3) is 0 Å². The van der Waals surface area contributed by atoms with Crippen molar-refractivity contribution in [2.24, 2.45) is 0 Å². The molecule has 7 atom stereocenters. The van der Waals surface area contributed by atoms with Crippen molar-refractivity contribution in [3.8, 4) is 0 Å². The smallest absolute Gasteiger partial charge is 0.371 e. The van der Waals surface area contributed by atoms with Gasteiger partial charge in [0.25, 0.3) is 0 Å². The molecule has 0 aromatic heterocycles. The van der Waals surface area contributed by atoms with E-state index in [2.05, 4.69) is 0 Å². The van der Waals surface area contributed by atoms with Crippen LogP contribution >= 0.6 is 0 Å². The van der Waals surface area contributed by atoms with Gasteiger partial charge in [0.15, 0.2) is 11.5 Å². The van der Waals surface area contributed by atoms with E-state index in [-0.39, 0.29) is 24.1 Å². The van der Waals surface area contributed by atoms with Crippen LogP contribution < -0.4 is 0 Å². The Bertz CT molecular complexity index is 1630. The lowest BCUT2D eigenvalue weighted by atomic mass is 10.1. The molecule has 2 saturated heterocycles. The fourth-order valence-corrected chi connectivity index (χ4v) is 9.44. The van der Waals surface area contributed by atoms with Gasteiger partial charge >= 0.3 is 10.4 Å². The van der Waals surface area contributed by atoms with E-state index in [4.69, 9.17) is 27.9 Å². The molecule has 11 heteroatoms. The molecule has 9 nitrogen and oxygen atoms in total. The van der Waals surface area contributed by atoms with E-state index in [1.165, 1.54) is 0 Å². The minimum absolute atomic E-state index is 0.0712. The third-order valence-electron chi connectivity index (χ3n) is 8.35. The monoisotopic (exact) mass is 693 g/mol. The van der Waals surface area contributed by atoms with E-state index < -0.39 is 39.8 Å². The van der Waals surface area contributed by atoms with Crippen molar-refractivity contribution in [3.05, 3.63) is 144 Å². The summed E-state index contributed by atoms with van der Waals surface area (Å²) in [6, 6.07) is 39.5. The molecule has 1 N–H and O–H groups in total. The second-order valence-corrected chi connectivity index (χ2v) is 15.2. The maximum atomic E-state index is 11.9. The van der Waals surface area contributed by atoms with Crippen LogP contribution in [0.2, 0.25) is 0 Å². The van der Waals surface area contributed by atoms with Crippen LogP contribution in [-0.4, -0.2) is 67.4 Å². The summed E-state index contributed by atoms with van der Waals surface area (Å²) in [6.45, 7) is 1.59. The van der Waals surface area contributed by atoms with Crippen LogP contribution in [0.4, 0.5) is 0 Å². The van der Waals surface area contributed by atoms with Crippen LogP contribution in [0, 0.1) is 0 Å². The Morgan fingerprint density at radius 1 is 0.708 bits per heavy atom. The average molecular weight is 694 g/mol. The van der Waals surface area contributed by atoms with Crippen LogP contribution in [0.1, 0.15) is 28.5 Å². The van der Waals surface area contributed by atoms with Crippen molar-refractivity contribution >= 4 is 21.3 Å². The minimum atomic E-state index is -4.76. The van der Waals surface area contributed by atoms with E-state index >= 15 is 0 Å². The molecular weight excluding hydrogens is 653 g/mol. The molecule has 0 spiro atoms. The zero-order valence-electron chi connectivity index (χ0n) is 26.5. The molecule has 4 aromatic rings. The van der Waals surface area contributed by atoms with Crippen molar-refractivity contribution in [3.63, 3.8) is 0 Å². The maximum Gasteiger partial charge on any atom is 0.397 e. The fraction of sp³-hybridized carbons (Fsp3) is 0.351. The highest BCUT2D eigenvalue weighted by Gasteiger charge is 2.55. The van der Waals surface area contributed by atoms with Gasteiger partial charge < -0.3 is 23.7 Å². The topological polar surface area (TPSA) is 110 Å². The van der Waals surface area contributed by atoms with Gasteiger partial charge in [-0.2, -0.15) is 8.42 Å². The third-order valence-corrected chi connectivity index (χ3v) is 11.6. The van der Waals surface area contributed by atoms with Crippen LogP contribution in [0.5, 0.6) is 0 Å². The Balaban J connectivity index is 1.26. The Morgan fingerprint density at radius 2 is 1.25 bits per heavy atom. The molecule has 48 heavy (non-hydrogen) atoms. The summed E-state index contributed by atoms with van der Waals surface area (Å²) in [5.74, 6) is 1.09.